The molecule has 8 heteroatoms. The minimum Gasteiger partial charge on any atom is -0.480 e. The number of amides is 2. The number of rotatable bonds is 6. The first-order valence-corrected chi connectivity index (χ1v) is 8.77. The van der Waals surface area contributed by atoms with Crippen molar-refractivity contribution < 1.29 is 18.9 Å². The van der Waals surface area contributed by atoms with Gasteiger partial charge < -0.3 is 15.3 Å². The second kappa shape index (κ2) is 8.33. The van der Waals surface area contributed by atoms with E-state index in [1.165, 1.54) is 0 Å². The van der Waals surface area contributed by atoms with Gasteiger partial charge in [0.1, 0.15) is 6.04 Å². The first-order chi connectivity index (χ1) is 9.82. The van der Waals surface area contributed by atoms with E-state index in [1.54, 1.807) is 18.1 Å². The van der Waals surface area contributed by atoms with Gasteiger partial charge in [-0.25, -0.2) is 4.79 Å². The van der Waals surface area contributed by atoms with Crippen LogP contribution in [0.25, 0.3) is 0 Å². The molecule has 3 unspecified atom stereocenters. The van der Waals surface area contributed by atoms with Crippen molar-refractivity contribution in [3.05, 3.63) is 0 Å². The molecule has 2 amide bonds. The van der Waals surface area contributed by atoms with Gasteiger partial charge in [0.2, 0.25) is 0 Å². The summed E-state index contributed by atoms with van der Waals surface area (Å²) in [6, 6.07) is -0.651. The van der Waals surface area contributed by atoms with Crippen molar-refractivity contribution in [1.82, 2.24) is 15.1 Å². The Morgan fingerprint density at radius 1 is 1.24 bits per heavy atom. The summed E-state index contributed by atoms with van der Waals surface area (Å²) in [5, 5.41) is 11.9. The topological polar surface area (TPSA) is 89.9 Å². The highest BCUT2D eigenvalue weighted by Gasteiger charge is 2.26. The number of nitrogens with zero attached hydrogens (tertiary/aromatic N) is 2. The fraction of sp³-hybridized carbons (Fsp3) is 0.846. The lowest BCUT2D eigenvalue weighted by atomic mass is 10.2. The maximum absolute atomic E-state index is 12.0. The summed E-state index contributed by atoms with van der Waals surface area (Å²) < 4.78 is 11.2. The Kier molecular flexibility index (Phi) is 7.10. The van der Waals surface area contributed by atoms with Gasteiger partial charge in [-0.05, 0) is 13.3 Å². The van der Waals surface area contributed by atoms with E-state index in [-0.39, 0.29) is 11.3 Å². The lowest BCUT2D eigenvalue weighted by molar-refractivity contribution is -0.143. The number of hydrogen-bond donors (Lipinski definition) is 2. The van der Waals surface area contributed by atoms with Crippen molar-refractivity contribution in [3.63, 3.8) is 0 Å². The highest BCUT2D eigenvalue weighted by Crippen LogP contribution is 2.07. The standard InChI is InChI=1S/C13H25N3O4S/c1-10(21(3)20)4-5-14-13(19)16-8-6-15(7-9-16)11(2)12(17)18/h10-11H,4-9H2,1-3H3,(H,14,19)(H,17,18). The van der Waals surface area contributed by atoms with E-state index in [9.17, 15) is 13.8 Å². The zero-order valence-corrected chi connectivity index (χ0v) is 13.7. The maximum Gasteiger partial charge on any atom is 0.320 e. The zero-order chi connectivity index (χ0) is 16.0. The Morgan fingerprint density at radius 3 is 2.29 bits per heavy atom. The summed E-state index contributed by atoms with van der Waals surface area (Å²) >= 11 is 0. The molecule has 1 aliphatic heterocycles. The highest BCUT2D eigenvalue weighted by molar-refractivity contribution is 7.84. The average Bonchev–Trinajstić information content (AvgIpc) is 2.46. The summed E-state index contributed by atoms with van der Waals surface area (Å²) in [6.45, 7) is 6.24. The molecule has 0 aliphatic carbocycles. The SMILES string of the molecule is CC(C(=O)O)N1CCN(C(=O)NCCC(C)S(C)=O)CC1. The molecule has 3 atom stereocenters. The summed E-state index contributed by atoms with van der Waals surface area (Å²) in [5.74, 6) is -0.838. The quantitative estimate of drug-likeness (QED) is 0.716. The molecule has 122 valence electrons. The van der Waals surface area contributed by atoms with Crippen molar-refractivity contribution in [2.75, 3.05) is 39.0 Å². The second-order valence-corrected chi connectivity index (χ2v) is 7.17. The third kappa shape index (κ3) is 5.62. The molecule has 1 heterocycles. The second-order valence-electron chi connectivity index (χ2n) is 5.37. The smallest absolute Gasteiger partial charge is 0.320 e. The van der Waals surface area contributed by atoms with Crippen LogP contribution < -0.4 is 5.32 Å². The molecule has 2 N–H and O–H groups in total. The number of carbonyl (C=O) groups is 2. The lowest BCUT2D eigenvalue weighted by Crippen LogP contribution is -2.55. The summed E-state index contributed by atoms with van der Waals surface area (Å²) in [6.07, 6.45) is 2.35. The largest absolute Gasteiger partial charge is 0.480 e. The average molecular weight is 319 g/mol. The Hall–Kier alpha value is -1.15. The van der Waals surface area contributed by atoms with Crippen molar-refractivity contribution >= 4 is 22.8 Å². The first-order valence-electron chi connectivity index (χ1n) is 7.14. The normalized spacial score (nSPS) is 20.6. The summed E-state index contributed by atoms with van der Waals surface area (Å²) in [5.41, 5.74) is 0. The van der Waals surface area contributed by atoms with E-state index in [0.29, 0.717) is 39.1 Å². The molecular weight excluding hydrogens is 294 g/mol. The molecule has 1 aliphatic rings. The van der Waals surface area contributed by atoms with Gasteiger partial charge >= 0.3 is 12.0 Å². The molecule has 0 radical (unpaired) electrons. The van der Waals surface area contributed by atoms with Crippen molar-refractivity contribution in [3.8, 4) is 0 Å². The molecule has 1 saturated heterocycles. The molecular formula is C13H25N3O4S. The van der Waals surface area contributed by atoms with Crippen LogP contribution in [0.4, 0.5) is 4.79 Å². The van der Waals surface area contributed by atoms with Gasteiger partial charge in [-0.2, -0.15) is 0 Å². The van der Waals surface area contributed by atoms with E-state index in [1.807, 2.05) is 11.8 Å². The van der Waals surface area contributed by atoms with Gasteiger partial charge in [0.05, 0.1) is 0 Å². The van der Waals surface area contributed by atoms with Crippen LogP contribution in [0.1, 0.15) is 20.3 Å². The predicted molar refractivity (Wildman–Crippen MR) is 81.8 cm³/mol. The molecule has 0 spiro atoms. The number of carboxylic acid groups (broad SMARTS) is 1. The predicted octanol–water partition coefficient (Wildman–Crippen LogP) is -0.0562. The Labute approximate surface area is 128 Å². The monoisotopic (exact) mass is 319 g/mol. The Balaban J connectivity index is 2.29. The van der Waals surface area contributed by atoms with Crippen LogP contribution in [0.3, 0.4) is 0 Å². The number of piperazine rings is 1. The van der Waals surface area contributed by atoms with Gasteiger partial charge in [0, 0.05) is 55.0 Å². The molecule has 7 nitrogen and oxygen atoms in total. The molecule has 1 rings (SSSR count). The third-order valence-corrected chi connectivity index (χ3v) is 5.27. The van der Waals surface area contributed by atoms with Gasteiger partial charge in [-0.1, -0.05) is 6.92 Å². The van der Waals surface area contributed by atoms with E-state index in [4.69, 9.17) is 5.11 Å². The Morgan fingerprint density at radius 2 is 1.81 bits per heavy atom. The molecule has 0 aromatic rings. The van der Waals surface area contributed by atoms with Crippen LogP contribution in [0.15, 0.2) is 0 Å². The molecule has 0 aromatic heterocycles. The van der Waals surface area contributed by atoms with Gasteiger partial charge in [-0.3, -0.25) is 13.9 Å². The minimum atomic E-state index is -0.872. The van der Waals surface area contributed by atoms with Crippen LogP contribution >= 0.6 is 0 Å². The van der Waals surface area contributed by atoms with E-state index < -0.39 is 22.8 Å². The van der Waals surface area contributed by atoms with E-state index in [2.05, 4.69) is 5.32 Å². The minimum absolute atomic E-state index is 0.0681. The fourth-order valence-electron chi connectivity index (χ4n) is 2.13. The Bertz CT molecular complexity index is 397. The molecule has 0 saturated carbocycles. The summed E-state index contributed by atoms with van der Waals surface area (Å²) in [4.78, 5) is 26.4. The number of nitrogens with one attached hydrogen (secondary N) is 1. The third-order valence-electron chi connectivity index (χ3n) is 3.90. The van der Waals surface area contributed by atoms with Gasteiger partial charge in [0.25, 0.3) is 0 Å². The van der Waals surface area contributed by atoms with E-state index in [0.717, 1.165) is 0 Å². The van der Waals surface area contributed by atoms with Crippen molar-refractivity contribution in [2.45, 2.75) is 31.6 Å². The zero-order valence-electron chi connectivity index (χ0n) is 12.9. The maximum atomic E-state index is 12.0. The van der Waals surface area contributed by atoms with Crippen LogP contribution in [0, 0.1) is 0 Å². The molecule has 1 fully saturated rings. The first kappa shape index (κ1) is 17.9. The molecule has 21 heavy (non-hydrogen) atoms. The lowest BCUT2D eigenvalue weighted by Gasteiger charge is -2.36. The van der Waals surface area contributed by atoms with Crippen LogP contribution in [0.5, 0.6) is 0 Å². The number of aliphatic carboxylic acids is 1. The highest BCUT2D eigenvalue weighted by atomic mass is 32.2. The summed E-state index contributed by atoms with van der Waals surface area (Å²) in [7, 11) is -0.872. The van der Waals surface area contributed by atoms with Gasteiger partial charge in [-0.15, -0.1) is 0 Å². The number of hydrogen-bond acceptors (Lipinski definition) is 4. The van der Waals surface area contributed by atoms with Crippen LogP contribution in [-0.4, -0.2) is 81.4 Å². The molecule has 0 bridgehead atoms. The number of carbonyl (C=O) groups excluding carboxylic acids is 1. The van der Waals surface area contributed by atoms with Crippen LogP contribution in [0.2, 0.25) is 0 Å². The number of carboxylic acids is 1. The molecule has 0 aromatic carbocycles. The van der Waals surface area contributed by atoms with Crippen molar-refractivity contribution in [2.24, 2.45) is 0 Å². The number of urea groups is 1. The van der Waals surface area contributed by atoms with Crippen molar-refractivity contribution in [1.29, 1.82) is 0 Å². The van der Waals surface area contributed by atoms with E-state index >= 15 is 0 Å². The fourth-order valence-corrected chi connectivity index (χ4v) is 2.58. The van der Waals surface area contributed by atoms with Gasteiger partial charge in [0.15, 0.2) is 0 Å². The van der Waals surface area contributed by atoms with Crippen LogP contribution in [-0.2, 0) is 15.6 Å².